The molecule has 1 aliphatic heterocycles. The maximum absolute atomic E-state index is 12.9. The molecule has 8 nitrogen and oxygen atoms in total. The molecule has 4 heterocycles. The van der Waals surface area contributed by atoms with Crippen LogP contribution in [0.3, 0.4) is 0 Å². The molecule has 0 saturated heterocycles. The highest BCUT2D eigenvalue weighted by Gasteiger charge is 2.32. The van der Waals surface area contributed by atoms with Crippen LogP contribution in [0.15, 0.2) is 36.9 Å². The highest BCUT2D eigenvalue weighted by Crippen LogP contribution is 2.33. The van der Waals surface area contributed by atoms with Crippen LogP contribution in [-0.2, 0) is 11.8 Å². The van der Waals surface area contributed by atoms with Gasteiger partial charge in [-0.1, -0.05) is 12.2 Å². The number of rotatable bonds is 2. The lowest BCUT2D eigenvalue weighted by Crippen LogP contribution is -2.41. The fraction of sp³-hybridized carbons (Fsp3) is 0.429. The van der Waals surface area contributed by atoms with Crippen molar-refractivity contribution in [3.05, 3.63) is 48.2 Å². The van der Waals surface area contributed by atoms with Gasteiger partial charge in [0.05, 0.1) is 41.5 Å². The molecule has 3 aromatic rings. The van der Waals surface area contributed by atoms with Crippen molar-refractivity contribution in [2.45, 2.75) is 45.8 Å². The summed E-state index contributed by atoms with van der Waals surface area (Å²) in [6, 6.07) is -0.232. The molecule has 1 amide bonds. The zero-order valence-corrected chi connectivity index (χ0v) is 17.5. The Balaban J connectivity index is 1.83. The van der Waals surface area contributed by atoms with Crippen molar-refractivity contribution in [1.82, 2.24) is 29.3 Å². The van der Waals surface area contributed by atoms with Crippen molar-refractivity contribution in [1.29, 1.82) is 0 Å². The molecule has 4 rings (SSSR count). The summed E-state index contributed by atoms with van der Waals surface area (Å²) in [5.74, 6) is 0. The van der Waals surface area contributed by atoms with Gasteiger partial charge in [-0.2, -0.15) is 10.2 Å². The maximum Gasteiger partial charge on any atom is 0.411 e. The molecule has 0 radical (unpaired) electrons. The number of fused-ring (bicyclic) bond motifs is 1. The summed E-state index contributed by atoms with van der Waals surface area (Å²) in [4.78, 5) is 19.6. The first-order valence-electron chi connectivity index (χ1n) is 9.71. The van der Waals surface area contributed by atoms with E-state index < -0.39 is 5.60 Å². The van der Waals surface area contributed by atoms with Crippen LogP contribution in [0, 0.1) is 6.92 Å². The van der Waals surface area contributed by atoms with Crippen LogP contribution in [0.4, 0.5) is 4.79 Å². The minimum atomic E-state index is -0.560. The first kappa shape index (κ1) is 19.2. The standard InChI is InChI=1S/C21H26N6O2/c1-14-10-23-27-13-16(15-11-22-25(5)12-15)24-18(19(14)27)17-8-6-7-9-26(17)20(28)29-21(2,3)4/h6-7,10-13,17H,8-9H2,1-5H3. The topological polar surface area (TPSA) is 77.6 Å². The lowest BCUT2D eigenvalue weighted by Gasteiger charge is -2.34. The smallest absolute Gasteiger partial charge is 0.411 e. The van der Waals surface area contributed by atoms with Gasteiger partial charge in [-0.15, -0.1) is 0 Å². The van der Waals surface area contributed by atoms with Crippen molar-refractivity contribution < 1.29 is 9.53 Å². The third kappa shape index (κ3) is 3.74. The van der Waals surface area contributed by atoms with E-state index in [1.54, 1.807) is 15.8 Å². The van der Waals surface area contributed by atoms with Gasteiger partial charge in [0.15, 0.2) is 0 Å². The van der Waals surface area contributed by atoms with E-state index in [2.05, 4.69) is 16.3 Å². The Bertz CT molecular complexity index is 1090. The Hall–Kier alpha value is -3.16. The van der Waals surface area contributed by atoms with E-state index in [4.69, 9.17) is 9.72 Å². The molecule has 0 bridgehead atoms. The van der Waals surface area contributed by atoms with Crippen LogP contribution >= 0.6 is 0 Å². The number of nitrogens with zero attached hydrogens (tertiary/aromatic N) is 6. The number of carbonyl (C=O) groups is 1. The Morgan fingerprint density at radius 2 is 1.97 bits per heavy atom. The maximum atomic E-state index is 12.9. The monoisotopic (exact) mass is 394 g/mol. The zero-order valence-electron chi connectivity index (χ0n) is 17.5. The second-order valence-electron chi connectivity index (χ2n) is 8.39. The summed E-state index contributed by atoms with van der Waals surface area (Å²) >= 11 is 0. The highest BCUT2D eigenvalue weighted by molar-refractivity contribution is 5.71. The third-order valence-electron chi connectivity index (χ3n) is 4.86. The number of hydrogen-bond acceptors (Lipinski definition) is 5. The predicted octanol–water partition coefficient (Wildman–Crippen LogP) is 3.68. The average Bonchev–Trinajstić information content (AvgIpc) is 3.26. The Morgan fingerprint density at radius 3 is 2.66 bits per heavy atom. The Morgan fingerprint density at radius 1 is 1.17 bits per heavy atom. The average molecular weight is 394 g/mol. The summed E-state index contributed by atoms with van der Waals surface area (Å²) < 4.78 is 9.24. The van der Waals surface area contributed by atoms with Crippen LogP contribution in [0.5, 0.6) is 0 Å². The molecule has 0 fully saturated rings. The molecule has 0 aliphatic carbocycles. The van der Waals surface area contributed by atoms with Crippen LogP contribution in [0.2, 0.25) is 0 Å². The molecule has 0 saturated carbocycles. The van der Waals surface area contributed by atoms with E-state index in [0.29, 0.717) is 13.0 Å². The Labute approximate surface area is 169 Å². The Kier molecular flexibility index (Phi) is 4.64. The SMILES string of the molecule is Cc1cnn2cc(-c3cnn(C)c3)nc(C3CC=CCN3C(=O)OC(C)(C)C)c12. The van der Waals surface area contributed by atoms with Crippen molar-refractivity contribution in [2.75, 3.05) is 6.54 Å². The number of aromatic nitrogens is 5. The molecule has 0 spiro atoms. The second-order valence-corrected chi connectivity index (χ2v) is 8.39. The quantitative estimate of drug-likeness (QED) is 0.620. The largest absolute Gasteiger partial charge is 0.444 e. The van der Waals surface area contributed by atoms with E-state index in [9.17, 15) is 4.79 Å². The molecule has 0 N–H and O–H groups in total. The van der Waals surface area contributed by atoms with Crippen molar-refractivity contribution >= 4 is 11.6 Å². The van der Waals surface area contributed by atoms with E-state index in [0.717, 1.165) is 28.0 Å². The zero-order chi connectivity index (χ0) is 20.8. The minimum Gasteiger partial charge on any atom is -0.444 e. The predicted molar refractivity (Wildman–Crippen MR) is 109 cm³/mol. The fourth-order valence-corrected chi connectivity index (χ4v) is 3.57. The van der Waals surface area contributed by atoms with Gasteiger partial charge in [0.1, 0.15) is 5.60 Å². The first-order chi connectivity index (χ1) is 13.7. The van der Waals surface area contributed by atoms with Gasteiger partial charge in [0.25, 0.3) is 0 Å². The molecule has 29 heavy (non-hydrogen) atoms. The molecule has 1 atom stereocenters. The normalized spacial score (nSPS) is 17.1. The van der Waals surface area contributed by atoms with Gasteiger partial charge in [-0.05, 0) is 39.7 Å². The lowest BCUT2D eigenvalue weighted by atomic mass is 10.0. The van der Waals surface area contributed by atoms with Gasteiger partial charge < -0.3 is 4.74 Å². The summed E-state index contributed by atoms with van der Waals surface area (Å²) in [5.41, 5.74) is 3.86. The number of carbonyl (C=O) groups excluding carboxylic acids is 1. The molecule has 0 aromatic carbocycles. The summed E-state index contributed by atoms with van der Waals surface area (Å²) in [7, 11) is 1.87. The molecule has 1 aliphatic rings. The van der Waals surface area contributed by atoms with E-state index >= 15 is 0 Å². The molecule has 3 aromatic heterocycles. The summed E-state index contributed by atoms with van der Waals surface area (Å²) in [6.07, 6.45) is 11.8. The number of ether oxygens (including phenoxy) is 1. The van der Waals surface area contributed by atoms with E-state index in [-0.39, 0.29) is 12.1 Å². The molecule has 8 heteroatoms. The van der Waals surface area contributed by atoms with Gasteiger partial charge in [-0.3, -0.25) is 9.58 Å². The van der Waals surface area contributed by atoms with E-state index in [1.807, 2.05) is 63.9 Å². The highest BCUT2D eigenvalue weighted by atomic mass is 16.6. The van der Waals surface area contributed by atoms with Gasteiger partial charge in [-0.25, -0.2) is 14.3 Å². The number of aryl methyl sites for hydroxylation is 2. The van der Waals surface area contributed by atoms with Crippen LogP contribution in [0.25, 0.3) is 16.8 Å². The summed E-state index contributed by atoms with van der Waals surface area (Å²) in [6.45, 7) is 8.12. The van der Waals surface area contributed by atoms with Crippen molar-refractivity contribution in [3.63, 3.8) is 0 Å². The van der Waals surface area contributed by atoms with Gasteiger partial charge in [0.2, 0.25) is 0 Å². The molecule has 1 unspecified atom stereocenters. The van der Waals surface area contributed by atoms with Crippen molar-refractivity contribution in [2.24, 2.45) is 7.05 Å². The third-order valence-corrected chi connectivity index (χ3v) is 4.86. The van der Waals surface area contributed by atoms with E-state index in [1.165, 1.54) is 0 Å². The van der Waals surface area contributed by atoms with Crippen LogP contribution in [0.1, 0.15) is 44.5 Å². The molecule has 152 valence electrons. The first-order valence-corrected chi connectivity index (χ1v) is 9.71. The fourth-order valence-electron chi connectivity index (χ4n) is 3.57. The van der Waals surface area contributed by atoms with Crippen LogP contribution < -0.4 is 0 Å². The minimum absolute atomic E-state index is 0.232. The molecular weight excluding hydrogens is 368 g/mol. The summed E-state index contributed by atoms with van der Waals surface area (Å²) in [5, 5.41) is 8.75. The van der Waals surface area contributed by atoms with Crippen LogP contribution in [-0.4, -0.2) is 47.5 Å². The second kappa shape index (κ2) is 7.02. The van der Waals surface area contributed by atoms with Gasteiger partial charge in [0, 0.05) is 25.4 Å². The van der Waals surface area contributed by atoms with Gasteiger partial charge >= 0.3 is 6.09 Å². The molecular formula is C21H26N6O2. The van der Waals surface area contributed by atoms with Crippen molar-refractivity contribution in [3.8, 4) is 11.3 Å². The lowest BCUT2D eigenvalue weighted by molar-refractivity contribution is 0.0173. The number of amides is 1. The number of hydrogen-bond donors (Lipinski definition) is 0.